The van der Waals surface area contributed by atoms with Crippen LogP contribution in [0, 0.1) is 17.2 Å². The van der Waals surface area contributed by atoms with Crippen molar-refractivity contribution in [3.8, 4) is 17.6 Å². The summed E-state index contributed by atoms with van der Waals surface area (Å²) >= 11 is 0. The zero-order chi connectivity index (χ0) is 22.6. The first-order valence-electron chi connectivity index (χ1n) is 11.6. The van der Waals surface area contributed by atoms with Crippen LogP contribution >= 0.6 is 0 Å². The minimum absolute atomic E-state index is 0.000850. The summed E-state index contributed by atoms with van der Waals surface area (Å²) < 4.78 is 13.7. The quantitative estimate of drug-likeness (QED) is 0.588. The number of aromatic nitrogens is 1. The van der Waals surface area contributed by atoms with Crippen LogP contribution in [0.15, 0.2) is 48.7 Å². The number of rotatable bonds is 6. The average Bonchev–Trinajstić information content (AvgIpc) is 3.50. The second-order valence-electron chi connectivity index (χ2n) is 8.81. The molecule has 0 radical (unpaired) electrons. The van der Waals surface area contributed by atoms with Gasteiger partial charge in [0.25, 0.3) is 0 Å². The molecular formula is C26H28N4O3. The molecule has 7 nitrogen and oxygen atoms in total. The first-order chi connectivity index (χ1) is 16.2. The molecular weight excluding hydrogens is 416 g/mol. The standard InChI is InChI=1S/C26H28N4O3/c27-15-19-17-30(16-18-9-12-32-13-10-18)25-8-7-22(14-23(19)25)33-21-5-3-20(4-6-21)29-26(31)24-2-1-11-28-24/h3-8,14,17-18,24,28H,1-2,9-13,16H2,(H,29,31)/t24-/m0/s1. The highest BCUT2D eigenvalue weighted by molar-refractivity contribution is 5.95. The molecule has 7 heteroatoms. The Balaban J connectivity index is 1.28. The van der Waals surface area contributed by atoms with Crippen LogP contribution in [0.25, 0.3) is 10.9 Å². The number of nitrogens with one attached hydrogen (secondary N) is 2. The van der Waals surface area contributed by atoms with Crippen LogP contribution in [-0.2, 0) is 16.1 Å². The number of nitrogens with zero attached hydrogens (tertiary/aromatic N) is 2. The van der Waals surface area contributed by atoms with Crippen molar-refractivity contribution in [3.05, 3.63) is 54.2 Å². The SMILES string of the molecule is N#Cc1cn(CC2CCOCC2)c2ccc(Oc3ccc(NC(=O)[C@@H]4CCCN4)cc3)cc12. The molecule has 170 valence electrons. The minimum Gasteiger partial charge on any atom is -0.457 e. The van der Waals surface area contributed by atoms with E-state index in [2.05, 4.69) is 21.3 Å². The molecule has 0 aliphatic carbocycles. The molecule has 3 heterocycles. The van der Waals surface area contributed by atoms with Gasteiger partial charge in [-0.3, -0.25) is 4.79 Å². The summed E-state index contributed by atoms with van der Waals surface area (Å²) in [7, 11) is 0. The van der Waals surface area contributed by atoms with Crippen LogP contribution in [-0.4, -0.2) is 36.3 Å². The maximum absolute atomic E-state index is 12.3. The lowest BCUT2D eigenvalue weighted by molar-refractivity contribution is -0.117. The third-order valence-corrected chi connectivity index (χ3v) is 6.50. The molecule has 1 atom stereocenters. The lowest BCUT2D eigenvalue weighted by atomic mass is 10.0. The number of hydrogen-bond acceptors (Lipinski definition) is 5. The number of carbonyl (C=O) groups is 1. The highest BCUT2D eigenvalue weighted by atomic mass is 16.5. The normalized spacial score (nSPS) is 18.8. The molecule has 2 aromatic carbocycles. The van der Waals surface area contributed by atoms with Crippen molar-refractivity contribution in [3.63, 3.8) is 0 Å². The van der Waals surface area contributed by atoms with Gasteiger partial charge in [0, 0.05) is 42.5 Å². The Morgan fingerprint density at radius 2 is 1.94 bits per heavy atom. The summed E-state index contributed by atoms with van der Waals surface area (Å²) in [5.41, 5.74) is 2.44. The summed E-state index contributed by atoms with van der Waals surface area (Å²) in [6.45, 7) is 3.41. The van der Waals surface area contributed by atoms with Gasteiger partial charge in [0.05, 0.1) is 11.6 Å². The topological polar surface area (TPSA) is 88.3 Å². The second kappa shape index (κ2) is 9.65. The fraction of sp³-hybridized carbons (Fsp3) is 0.385. The molecule has 5 rings (SSSR count). The zero-order valence-corrected chi connectivity index (χ0v) is 18.5. The van der Waals surface area contributed by atoms with Gasteiger partial charge in [-0.2, -0.15) is 5.26 Å². The lowest BCUT2D eigenvalue weighted by Crippen LogP contribution is -2.35. The zero-order valence-electron chi connectivity index (χ0n) is 18.5. The van der Waals surface area contributed by atoms with Gasteiger partial charge in [0.15, 0.2) is 0 Å². The monoisotopic (exact) mass is 444 g/mol. The highest BCUT2D eigenvalue weighted by Crippen LogP contribution is 2.30. The summed E-state index contributed by atoms with van der Waals surface area (Å²) in [5.74, 6) is 1.92. The third-order valence-electron chi connectivity index (χ3n) is 6.50. The van der Waals surface area contributed by atoms with Crippen molar-refractivity contribution in [2.24, 2.45) is 5.92 Å². The van der Waals surface area contributed by atoms with Crippen molar-refractivity contribution in [1.82, 2.24) is 9.88 Å². The number of carbonyl (C=O) groups excluding carboxylic acids is 1. The number of hydrogen-bond donors (Lipinski definition) is 2. The fourth-order valence-corrected chi connectivity index (χ4v) is 4.67. The predicted molar refractivity (Wildman–Crippen MR) is 126 cm³/mol. The van der Waals surface area contributed by atoms with E-state index >= 15 is 0 Å². The van der Waals surface area contributed by atoms with Crippen LogP contribution in [0.3, 0.4) is 0 Å². The molecule has 2 saturated heterocycles. The van der Waals surface area contributed by atoms with E-state index in [4.69, 9.17) is 9.47 Å². The Hall–Kier alpha value is -3.34. The Morgan fingerprint density at radius 1 is 1.15 bits per heavy atom. The molecule has 2 fully saturated rings. The number of amides is 1. The van der Waals surface area contributed by atoms with Gasteiger partial charge in [-0.1, -0.05) is 0 Å². The van der Waals surface area contributed by atoms with Crippen molar-refractivity contribution in [2.45, 2.75) is 38.3 Å². The maximum atomic E-state index is 12.3. The number of anilines is 1. The molecule has 0 unspecified atom stereocenters. The van der Waals surface area contributed by atoms with Gasteiger partial charge < -0.3 is 24.7 Å². The second-order valence-corrected chi connectivity index (χ2v) is 8.81. The Labute approximate surface area is 193 Å². The van der Waals surface area contributed by atoms with Gasteiger partial charge in [0.1, 0.15) is 17.6 Å². The van der Waals surface area contributed by atoms with Gasteiger partial charge in [-0.25, -0.2) is 0 Å². The molecule has 1 amide bonds. The Kier molecular flexibility index (Phi) is 6.29. The summed E-state index contributed by atoms with van der Waals surface area (Å²) in [6, 6.07) is 15.4. The van der Waals surface area contributed by atoms with Gasteiger partial charge in [0.2, 0.25) is 5.91 Å². The Bertz CT molecular complexity index is 1170. The van der Waals surface area contributed by atoms with Crippen LogP contribution in [0.1, 0.15) is 31.2 Å². The molecule has 0 bridgehead atoms. The summed E-state index contributed by atoms with van der Waals surface area (Å²) in [4.78, 5) is 12.3. The Morgan fingerprint density at radius 3 is 2.67 bits per heavy atom. The van der Waals surface area contributed by atoms with Crippen LogP contribution < -0.4 is 15.4 Å². The summed E-state index contributed by atoms with van der Waals surface area (Å²) in [5, 5.41) is 16.7. The average molecular weight is 445 g/mol. The van der Waals surface area contributed by atoms with E-state index < -0.39 is 0 Å². The van der Waals surface area contributed by atoms with Gasteiger partial charge in [-0.05, 0) is 80.6 Å². The fourth-order valence-electron chi connectivity index (χ4n) is 4.67. The smallest absolute Gasteiger partial charge is 0.241 e. The van der Waals surface area contributed by atoms with Gasteiger partial charge in [-0.15, -0.1) is 0 Å². The predicted octanol–water partition coefficient (Wildman–Crippen LogP) is 4.42. The summed E-state index contributed by atoms with van der Waals surface area (Å²) in [6.07, 6.45) is 5.95. The van der Waals surface area contributed by atoms with Gasteiger partial charge >= 0.3 is 0 Å². The molecule has 33 heavy (non-hydrogen) atoms. The molecule has 2 aliphatic rings. The number of fused-ring (bicyclic) bond motifs is 1. The highest BCUT2D eigenvalue weighted by Gasteiger charge is 2.22. The largest absolute Gasteiger partial charge is 0.457 e. The minimum atomic E-state index is -0.110. The van der Waals surface area contributed by atoms with Crippen LogP contribution in [0.4, 0.5) is 5.69 Å². The van der Waals surface area contributed by atoms with Crippen molar-refractivity contribution in [2.75, 3.05) is 25.1 Å². The molecule has 2 N–H and O–H groups in total. The van der Waals surface area contributed by atoms with Crippen LogP contribution in [0.2, 0.25) is 0 Å². The maximum Gasteiger partial charge on any atom is 0.241 e. The van der Waals surface area contributed by atoms with Crippen molar-refractivity contribution < 1.29 is 14.3 Å². The first-order valence-corrected chi connectivity index (χ1v) is 11.6. The number of ether oxygens (including phenoxy) is 2. The first kappa shape index (κ1) is 21.5. The van der Waals surface area contributed by atoms with Crippen molar-refractivity contribution >= 4 is 22.5 Å². The van der Waals surface area contributed by atoms with Crippen LogP contribution in [0.5, 0.6) is 11.5 Å². The number of nitriles is 1. The van der Waals surface area contributed by atoms with E-state index in [0.29, 0.717) is 23.0 Å². The van der Waals surface area contributed by atoms with E-state index in [1.165, 1.54) is 0 Å². The van der Waals surface area contributed by atoms with E-state index in [1.807, 2.05) is 48.7 Å². The molecule has 0 spiro atoms. The number of benzene rings is 2. The lowest BCUT2D eigenvalue weighted by Gasteiger charge is -2.22. The van der Waals surface area contributed by atoms with E-state index in [9.17, 15) is 10.1 Å². The molecule has 0 saturated carbocycles. The van der Waals surface area contributed by atoms with Crippen molar-refractivity contribution in [1.29, 1.82) is 5.26 Å². The van der Waals surface area contributed by atoms with E-state index in [1.54, 1.807) is 0 Å². The molecule has 2 aliphatic heterocycles. The molecule has 1 aromatic heterocycles. The van der Waals surface area contributed by atoms with E-state index in [-0.39, 0.29) is 11.9 Å². The third kappa shape index (κ3) is 4.87. The van der Waals surface area contributed by atoms with E-state index in [0.717, 1.165) is 68.6 Å². The molecule has 3 aromatic rings.